The number of benzene rings is 1. The van der Waals surface area contributed by atoms with Gasteiger partial charge in [-0.2, -0.15) is 0 Å². The number of amides is 2. The highest BCUT2D eigenvalue weighted by Crippen LogP contribution is 2.12. The van der Waals surface area contributed by atoms with Gasteiger partial charge in [0.2, 0.25) is 0 Å². The molecule has 6 nitrogen and oxygen atoms in total. The van der Waals surface area contributed by atoms with E-state index < -0.39 is 24.4 Å². The molecule has 0 aliphatic carbocycles. The van der Waals surface area contributed by atoms with Gasteiger partial charge in [0.05, 0.1) is 0 Å². The third-order valence-electron chi connectivity index (χ3n) is 3.17. The van der Waals surface area contributed by atoms with Crippen LogP contribution in [0.4, 0.5) is 0 Å². The average Bonchev–Trinajstić information content (AvgIpc) is 3.12. The van der Waals surface area contributed by atoms with Gasteiger partial charge in [-0.25, -0.2) is 0 Å². The number of carbonyl (C=O) groups excluding carboxylic acids is 3. The van der Waals surface area contributed by atoms with Crippen molar-refractivity contribution in [3.05, 3.63) is 57.2 Å². The Balaban J connectivity index is 1.60. The van der Waals surface area contributed by atoms with Gasteiger partial charge in [0.15, 0.2) is 6.61 Å². The fourth-order valence-electron chi connectivity index (χ4n) is 1.92. The maximum absolute atomic E-state index is 11.8. The first kappa shape index (κ1) is 19.0. The smallest absolute Gasteiger partial charge is 0.306 e. The average molecular weight is 381 g/mol. The number of ether oxygens (including phenoxy) is 1. The number of thiophene rings is 1. The number of hydrogen-bond acceptors (Lipinski definition) is 5. The second-order valence-electron chi connectivity index (χ2n) is 5.10. The number of esters is 1. The van der Waals surface area contributed by atoms with Crippen molar-refractivity contribution in [3.63, 3.8) is 0 Å². The van der Waals surface area contributed by atoms with E-state index in [1.165, 1.54) is 17.0 Å². The molecule has 2 amide bonds. The Hall–Kier alpha value is -2.38. The largest absolute Gasteiger partial charge is 0.455 e. The van der Waals surface area contributed by atoms with Crippen LogP contribution in [0.25, 0.3) is 0 Å². The van der Waals surface area contributed by atoms with E-state index in [4.69, 9.17) is 16.3 Å². The van der Waals surface area contributed by atoms with Crippen LogP contribution in [0.2, 0.25) is 5.02 Å². The van der Waals surface area contributed by atoms with Crippen LogP contribution < -0.4 is 10.9 Å². The zero-order chi connectivity index (χ0) is 18.1. The van der Waals surface area contributed by atoms with Crippen molar-refractivity contribution in [1.82, 2.24) is 10.9 Å². The highest BCUT2D eigenvalue weighted by atomic mass is 35.5. The molecular weight excluding hydrogens is 364 g/mol. The maximum atomic E-state index is 11.8. The lowest BCUT2D eigenvalue weighted by molar-refractivity contribution is -0.148. The van der Waals surface area contributed by atoms with Gasteiger partial charge >= 0.3 is 5.97 Å². The summed E-state index contributed by atoms with van der Waals surface area (Å²) in [6.45, 7) is -0.446. The van der Waals surface area contributed by atoms with Crippen LogP contribution in [-0.2, 0) is 20.7 Å². The van der Waals surface area contributed by atoms with E-state index in [2.05, 4.69) is 10.9 Å². The Morgan fingerprint density at radius 2 is 1.84 bits per heavy atom. The summed E-state index contributed by atoms with van der Waals surface area (Å²) in [4.78, 5) is 36.1. The standard InChI is InChI=1S/C17H17ClN2O4S/c18-13-8-6-12(7-9-13)17(23)20-19-15(21)11-24-16(22)5-1-3-14-4-2-10-25-14/h2,4,6-10H,1,3,5,11H2,(H,19,21)(H,20,23). The van der Waals surface area contributed by atoms with Crippen LogP contribution in [0.1, 0.15) is 28.1 Å². The lowest BCUT2D eigenvalue weighted by Crippen LogP contribution is -2.43. The van der Waals surface area contributed by atoms with E-state index in [9.17, 15) is 14.4 Å². The van der Waals surface area contributed by atoms with Gasteiger partial charge in [-0.1, -0.05) is 17.7 Å². The topological polar surface area (TPSA) is 84.5 Å². The molecule has 0 saturated carbocycles. The van der Waals surface area contributed by atoms with E-state index in [0.29, 0.717) is 17.0 Å². The first-order valence-electron chi connectivity index (χ1n) is 7.57. The van der Waals surface area contributed by atoms with Gasteiger partial charge in [0, 0.05) is 21.9 Å². The Kier molecular flexibility index (Phi) is 7.43. The van der Waals surface area contributed by atoms with Crippen molar-refractivity contribution in [1.29, 1.82) is 0 Å². The molecule has 1 aromatic heterocycles. The summed E-state index contributed by atoms with van der Waals surface area (Å²) in [6.07, 6.45) is 1.70. The lowest BCUT2D eigenvalue weighted by Gasteiger charge is -2.08. The molecule has 0 aliphatic heterocycles. The normalized spacial score (nSPS) is 10.1. The number of rotatable bonds is 7. The molecular formula is C17H17ClN2O4S. The summed E-state index contributed by atoms with van der Waals surface area (Å²) in [7, 11) is 0. The van der Waals surface area contributed by atoms with Crippen molar-refractivity contribution in [2.24, 2.45) is 0 Å². The number of nitrogens with one attached hydrogen (secondary N) is 2. The lowest BCUT2D eigenvalue weighted by atomic mass is 10.2. The third-order valence-corrected chi connectivity index (χ3v) is 4.36. The zero-order valence-corrected chi connectivity index (χ0v) is 14.9. The number of aryl methyl sites for hydroxylation is 1. The molecule has 2 aromatic rings. The first-order valence-corrected chi connectivity index (χ1v) is 8.83. The molecule has 0 unspecified atom stereocenters. The second kappa shape index (κ2) is 9.80. The zero-order valence-electron chi connectivity index (χ0n) is 13.3. The summed E-state index contributed by atoms with van der Waals surface area (Å²) in [6, 6.07) is 10.1. The number of hydrogen-bond donors (Lipinski definition) is 2. The summed E-state index contributed by atoms with van der Waals surface area (Å²) in [5.74, 6) is -1.56. The van der Waals surface area contributed by atoms with Crippen LogP contribution in [0.5, 0.6) is 0 Å². The molecule has 2 rings (SSSR count). The van der Waals surface area contributed by atoms with Gasteiger partial charge in [0.1, 0.15) is 0 Å². The highest BCUT2D eigenvalue weighted by molar-refractivity contribution is 7.09. The quantitative estimate of drug-likeness (QED) is 0.571. The molecule has 1 heterocycles. The van der Waals surface area contributed by atoms with E-state index in [0.717, 1.165) is 6.42 Å². The molecule has 8 heteroatoms. The van der Waals surface area contributed by atoms with E-state index in [-0.39, 0.29) is 6.42 Å². The van der Waals surface area contributed by atoms with Crippen LogP contribution >= 0.6 is 22.9 Å². The monoisotopic (exact) mass is 380 g/mol. The molecule has 1 aromatic carbocycles. The Labute approximate surface area is 154 Å². The number of carbonyl (C=O) groups is 3. The molecule has 132 valence electrons. The molecule has 0 saturated heterocycles. The fraction of sp³-hybridized carbons (Fsp3) is 0.235. The van der Waals surface area contributed by atoms with Gasteiger partial charge < -0.3 is 4.74 Å². The van der Waals surface area contributed by atoms with E-state index in [1.807, 2.05) is 17.5 Å². The minimum atomic E-state index is -0.617. The van der Waals surface area contributed by atoms with Gasteiger partial charge in [-0.05, 0) is 48.6 Å². The summed E-state index contributed by atoms with van der Waals surface area (Å²) in [5, 5.41) is 2.49. The van der Waals surface area contributed by atoms with Gasteiger partial charge in [0.25, 0.3) is 11.8 Å². The Morgan fingerprint density at radius 1 is 1.08 bits per heavy atom. The summed E-state index contributed by atoms with van der Waals surface area (Å²) < 4.78 is 4.86. The van der Waals surface area contributed by atoms with Crippen LogP contribution in [0.3, 0.4) is 0 Å². The predicted octanol–water partition coefficient (Wildman–Crippen LogP) is 2.73. The molecule has 0 spiro atoms. The van der Waals surface area contributed by atoms with Crippen LogP contribution in [-0.4, -0.2) is 24.4 Å². The van der Waals surface area contributed by atoms with Crippen molar-refractivity contribution in [2.75, 3.05) is 6.61 Å². The SMILES string of the molecule is O=C(COC(=O)CCCc1cccs1)NNC(=O)c1ccc(Cl)cc1. The highest BCUT2D eigenvalue weighted by Gasteiger charge is 2.10. The summed E-state index contributed by atoms with van der Waals surface area (Å²) >= 11 is 7.37. The molecule has 25 heavy (non-hydrogen) atoms. The molecule has 2 N–H and O–H groups in total. The minimum absolute atomic E-state index is 0.238. The van der Waals surface area contributed by atoms with Crippen molar-refractivity contribution < 1.29 is 19.1 Å². The van der Waals surface area contributed by atoms with Gasteiger partial charge in [-0.3, -0.25) is 25.2 Å². The predicted molar refractivity (Wildman–Crippen MR) is 95.3 cm³/mol. The second-order valence-corrected chi connectivity index (χ2v) is 6.57. The van der Waals surface area contributed by atoms with Gasteiger partial charge in [-0.15, -0.1) is 11.3 Å². The van der Waals surface area contributed by atoms with Crippen molar-refractivity contribution in [2.45, 2.75) is 19.3 Å². The van der Waals surface area contributed by atoms with E-state index >= 15 is 0 Å². The molecule has 0 bridgehead atoms. The fourth-order valence-corrected chi connectivity index (χ4v) is 2.79. The number of halogens is 1. The minimum Gasteiger partial charge on any atom is -0.455 e. The Morgan fingerprint density at radius 3 is 2.52 bits per heavy atom. The Bertz CT molecular complexity index is 717. The molecule has 0 atom stereocenters. The number of hydrazine groups is 1. The third kappa shape index (κ3) is 6.94. The maximum Gasteiger partial charge on any atom is 0.306 e. The summed E-state index contributed by atoms with van der Waals surface area (Å²) in [5.41, 5.74) is 4.76. The van der Waals surface area contributed by atoms with Crippen molar-refractivity contribution >= 4 is 40.7 Å². The van der Waals surface area contributed by atoms with Crippen LogP contribution in [0, 0.1) is 0 Å². The molecule has 0 fully saturated rings. The van der Waals surface area contributed by atoms with E-state index in [1.54, 1.807) is 23.5 Å². The molecule has 0 radical (unpaired) electrons. The van der Waals surface area contributed by atoms with Crippen molar-refractivity contribution in [3.8, 4) is 0 Å². The molecule has 0 aliphatic rings. The van der Waals surface area contributed by atoms with Crippen LogP contribution in [0.15, 0.2) is 41.8 Å². The first-order chi connectivity index (χ1) is 12.0.